The summed E-state index contributed by atoms with van der Waals surface area (Å²) >= 11 is 1.59. The molecule has 0 aliphatic rings. The Balaban J connectivity index is 2.34. The molecule has 0 aliphatic heterocycles. The minimum atomic E-state index is 0.355. The molecule has 1 rings (SSSR count). The molecule has 0 saturated carbocycles. The van der Waals surface area contributed by atoms with Crippen molar-refractivity contribution >= 4 is 11.3 Å². The van der Waals surface area contributed by atoms with Crippen LogP contribution in [0.4, 0.5) is 0 Å². The van der Waals surface area contributed by atoms with Gasteiger partial charge in [0.25, 0.3) is 0 Å². The summed E-state index contributed by atoms with van der Waals surface area (Å²) < 4.78 is 5.14. The molecule has 0 fully saturated rings. The Labute approximate surface area is 88.7 Å². The van der Waals surface area contributed by atoms with Crippen molar-refractivity contribution < 1.29 is 4.74 Å². The standard InChI is InChI=1S/C9H17N3OS/c1-3-4-10-8(6-13-2)5-9-12-11-7-14-9/h7-8,10H,3-6H2,1-2H3. The molecular formula is C9H17N3OS. The van der Waals surface area contributed by atoms with Crippen molar-refractivity contribution in [3.8, 4) is 0 Å². The van der Waals surface area contributed by atoms with Gasteiger partial charge in [-0.15, -0.1) is 21.5 Å². The largest absolute Gasteiger partial charge is 0.383 e. The van der Waals surface area contributed by atoms with E-state index in [4.69, 9.17) is 4.74 Å². The number of methoxy groups -OCH3 is 1. The van der Waals surface area contributed by atoms with Gasteiger partial charge < -0.3 is 10.1 Å². The van der Waals surface area contributed by atoms with Crippen molar-refractivity contribution in [3.05, 3.63) is 10.5 Å². The van der Waals surface area contributed by atoms with Gasteiger partial charge in [0.2, 0.25) is 0 Å². The zero-order chi connectivity index (χ0) is 10.2. The maximum absolute atomic E-state index is 5.14. The van der Waals surface area contributed by atoms with Crippen molar-refractivity contribution in [1.82, 2.24) is 15.5 Å². The molecule has 1 atom stereocenters. The third-order valence-electron chi connectivity index (χ3n) is 1.88. The highest BCUT2D eigenvalue weighted by molar-refractivity contribution is 7.09. The van der Waals surface area contributed by atoms with E-state index in [1.165, 1.54) is 0 Å². The van der Waals surface area contributed by atoms with Crippen LogP contribution >= 0.6 is 11.3 Å². The van der Waals surface area contributed by atoms with Crippen LogP contribution in [0.25, 0.3) is 0 Å². The lowest BCUT2D eigenvalue weighted by Crippen LogP contribution is -2.35. The van der Waals surface area contributed by atoms with E-state index in [1.807, 2.05) is 0 Å². The molecule has 1 unspecified atom stereocenters. The van der Waals surface area contributed by atoms with E-state index in [2.05, 4.69) is 22.4 Å². The van der Waals surface area contributed by atoms with Crippen LogP contribution in [0.3, 0.4) is 0 Å². The Morgan fingerprint density at radius 3 is 3.07 bits per heavy atom. The molecule has 0 radical (unpaired) electrons. The molecule has 4 nitrogen and oxygen atoms in total. The van der Waals surface area contributed by atoms with Gasteiger partial charge in [-0.05, 0) is 13.0 Å². The zero-order valence-electron chi connectivity index (χ0n) is 8.69. The molecule has 1 N–H and O–H groups in total. The van der Waals surface area contributed by atoms with Crippen LogP contribution in [-0.4, -0.2) is 36.5 Å². The van der Waals surface area contributed by atoms with Gasteiger partial charge in [-0.25, -0.2) is 0 Å². The predicted octanol–water partition coefficient (Wildman–Crippen LogP) is 1.10. The van der Waals surface area contributed by atoms with E-state index in [9.17, 15) is 0 Å². The van der Waals surface area contributed by atoms with Crippen molar-refractivity contribution in [2.24, 2.45) is 0 Å². The van der Waals surface area contributed by atoms with E-state index in [0.717, 1.165) is 31.0 Å². The molecule has 0 saturated heterocycles. The second kappa shape index (κ2) is 6.86. The summed E-state index contributed by atoms with van der Waals surface area (Å²) in [6.07, 6.45) is 2.04. The smallest absolute Gasteiger partial charge is 0.118 e. The van der Waals surface area contributed by atoms with Gasteiger partial charge >= 0.3 is 0 Å². The predicted molar refractivity (Wildman–Crippen MR) is 57.6 cm³/mol. The number of aromatic nitrogens is 2. The van der Waals surface area contributed by atoms with Crippen LogP contribution in [0.2, 0.25) is 0 Å². The number of nitrogens with one attached hydrogen (secondary N) is 1. The summed E-state index contributed by atoms with van der Waals surface area (Å²) in [7, 11) is 1.72. The molecule has 80 valence electrons. The van der Waals surface area contributed by atoms with E-state index in [-0.39, 0.29) is 0 Å². The van der Waals surface area contributed by atoms with Gasteiger partial charge in [0.1, 0.15) is 10.5 Å². The SMILES string of the molecule is CCCNC(COC)Cc1nncs1. The fraction of sp³-hybridized carbons (Fsp3) is 0.778. The van der Waals surface area contributed by atoms with Gasteiger partial charge in [-0.1, -0.05) is 6.92 Å². The van der Waals surface area contributed by atoms with Crippen molar-refractivity contribution in [2.45, 2.75) is 25.8 Å². The lowest BCUT2D eigenvalue weighted by molar-refractivity contribution is 0.166. The quantitative estimate of drug-likeness (QED) is 0.740. The van der Waals surface area contributed by atoms with E-state index >= 15 is 0 Å². The van der Waals surface area contributed by atoms with E-state index in [0.29, 0.717) is 6.04 Å². The highest BCUT2D eigenvalue weighted by Crippen LogP contribution is 2.05. The third kappa shape index (κ3) is 4.13. The van der Waals surface area contributed by atoms with Crippen molar-refractivity contribution in [2.75, 3.05) is 20.3 Å². The summed E-state index contributed by atoms with van der Waals surface area (Å²) in [6.45, 7) is 3.90. The molecular weight excluding hydrogens is 198 g/mol. The minimum Gasteiger partial charge on any atom is -0.383 e. The fourth-order valence-electron chi connectivity index (χ4n) is 1.24. The molecule has 5 heteroatoms. The first-order chi connectivity index (χ1) is 6.86. The first-order valence-electron chi connectivity index (χ1n) is 4.84. The normalized spacial score (nSPS) is 13.0. The average molecular weight is 215 g/mol. The third-order valence-corrected chi connectivity index (χ3v) is 2.60. The molecule has 1 aromatic rings. The van der Waals surface area contributed by atoms with E-state index in [1.54, 1.807) is 24.0 Å². The molecule has 0 spiro atoms. The van der Waals surface area contributed by atoms with Crippen LogP contribution in [0, 0.1) is 0 Å². The maximum Gasteiger partial charge on any atom is 0.118 e. The molecule has 1 aromatic heterocycles. The summed E-state index contributed by atoms with van der Waals surface area (Å²) in [6, 6.07) is 0.355. The highest BCUT2D eigenvalue weighted by atomic mass is 32.1. The molecule has 0 bridgehead atoms. The average Bonchev–Trinajstić information content (AvgIpc) is 2.67. The minimum absolute atomic E-state index is 0.355. The number of nitrogens with zero attached hydrogens (tertiary/aromatic N) is 2. The lowest BCUT2D eigenvalue weighted by atomic mass is 10.2. The number of ether oxygens (including phenoxy) is 1. The number of rotatable bonds is 7. The number of hydrogen-bond acceptors (Lipinski definition) is 5. The van der Waals surface area contributed by atoms with E-state index < -0.39 is 0 Å². The fourth-order valence-corrected chi connectivity index (χ4v) is 1.84. The summed E-state index contributed by atoms with van der Waals surface area (Å²) in [5.74, 6) is 0. The molecule has 0 amide bonds. The Morgan fingerprint density at radius 1 is 1.64 bits per heavy atom. The van der Waals surface area contributed by atoms with Crippen LogP contribution in [-0.2, 0) is 11.2 Å². The Kier molecular flexibility index (Phi) is 5.66. The van der Waals surface area contributed by atoms with Crippen LogP contribution in [0.1, 0.15) is 18.4 Å². The first-order valence-corrected chi connectivity index (χ1v) is 5.72. The molecule has 1 heterocycles. The number of hydrogen-bond donors (Lipinski definition) is 1. The molecule has 14 heavy (non-hydrogen) atoms. The van der Waals surface area contributed by atoms with Crippen molar-refractivity contribution in [3.63, 3.8) is 0 Å². The Morgan fingerprint density at radius 2 is 2.50 bits per heavy atom. The summed E-state index contributed by atoms with van der Waals surface area (Å²) in [5, 5.41) is 12.3. The lowest BCUT2D eigenvalue weighted by Gasteiger charge is -2.15. The Hall–Kier alpha value is -0.520. The Bertz CT molecular complexity index is 228. The van der Waals surface area contributed by atoms with Crippen LogP contribution in [0.5, 0.6) is 0 Å². The highest BCUT2D eigenvalue weighted by Gasteiger charge is 2.10. The van der Waals surface area contributed by atoms with Gasteiger partial charge in [0.15, 0.2) is 0 Å². The van der Waals surface area contributed by atoms with Crippen molar-refractivity contribution in [1.29, 1.82) is 0 Å². The molecule has 0 aliphatic carbocycles. The molecule has 0 aromatic carbocycles. The summed E-state index contributed by atoms with van der Waals surface area (Å²) in [4.78, 5) is 0. The maximum atomic E-state index is 5.14. The second-order valence-corrected chi connectivity index (χ2v) is 4.06. The van der Waals surface area contributed by atoms with Crippen LogP contribution < -0.4 is 5.32 Å². The van der Waals surface area contributed by atoms with Gasteiger partial charge in [-0.3, -0.25) is 0 Å². The second-order valence-electron chi connectivity index (χ2n) is 3.14. The summed E-state index contributed by atoms with van der Waals surface area (Å²) in [5.41, 5.74) is 1.76. The first kappa shape index (κ1) is 11.6. The topological polar surface area (TPSA) is 47.0 Å². The monoisotopic (exact) mass is 215 g/mol. The van der Waals surface area contributed by atoms with Gasteiger partial charge in [0, 0.05) is 19.6 Å². The van der Waals surface area contributed by atoms with Gasteiger partial charge in [-0.2, -0.15) is 0 Å². The zero-order valence-corrected chi connectivity index (χ0v) is 9.51. The van der Waals surface area contributed by atoms with Gasteiger partial charge in [0.05, 0.1) is 6.61 Å². The van der Waals surface area contributed by atoms with Crippen LogP contribution in [0.15, 0.2) is 5.51 Å².